The Morgan fingerprint density at radius 3 is 1.83 bits per heavy atom. The lowest BCUT2D eigenvalue weighted by atomic mass is 10.7. The highest BCUT2D eigenvalue weighted by atomic mass is 16.7. The van der Waals surface area contributed by atoms with Crippen molar-refractivity contribution in [3.8, 4) is 0 Å². The van der Waals surface area contributed by atoms with E-state index in [2.05, 4.69) is 9.47 Å². The monoisotopic (exact) mass is 180 g/mol. The first-order valence-electron chi connectivity index (χ1n) is 3.04. The molecule has 0 aliphatic carbocycles. The number of aliphatic hydroxyl groups is 2. The summed E-state index contributed by atoms with van der Waals surface area (Å²) in [6.07, 6.45) is -3.25. The van der Waals surface area contributed by atoms with Gasteiger partial charge in [-0.25, -0.2) is 9.69 Å². The molecule has 0 fully saturated rings. The van der Waals surface area contributed by atoms with E-state index in [1.807, 2.05) is 0 Å². The van der Waals surface area contributed by atoms with Gasteiger partial charge in [0.25, 0.3) is 0 Å². The van der Waals surface area contributed by atoms with Crippen LogP contribution in [0, 0.1) is 0 Å². The van der Waals surface area contributed by atoms with Crippen molar-refractivity contribution in [2.45, 2.75) is 12.8 Å². The number of carbonyl (C=O) groups excluding carboxylic acids is 1. The van der Waals surface area contributed by atoms with Crippen LogP contribution in [-0.2, 0) is 9.47 Å². The Morgan fingerprint density at radius 1 is 1.33 bits per heavy atom. The van der Waals surface area contributed by atoms with Crippen LogP contribution in [0.25, 0.3) is 0 Å². The Hall–Kier alpha value is -0.890. The van der Waals surface area contributed by atoms with Crippen LogP contribution in [0.3, 0.4) is 0 Å². The van der Waals surface area contributed by atoms with E-state index in [1.54, 1.807) is 0 Å². The molecule has 12 heavy (non-hydrogen) atoms. The molecule has 0 aliphatic heterocycles. The Balaban J connectivity index is 4.32. The fourth-order valence-electron chi connectivity index (χ4n) is 0.554. The maximum absolute atomic E-state index is 10.6. The molecule has 4 N–H and O–H groups in total. The van der Waals surface area contributed by atoms with Crippen molar-refractivity contribution in [3.05, 3.63) is 0 Å². The van der Waals surface area contributed by atoms with E-state index in [9.17, 15) is 4.79 Å². The number of urea groups is 1. The molecule has 0 aromatic heterocycles. The van der Waals surface area contributed by atoms with Crippen molar-refractivity contribution in [2.24, 2.45) is 5.73 Å². The molecule has 2 amide bonds. The summed E-state index contributed by atoms with van der Waals surface area (Å²) >= 11 is 0. The lowest BCUT2D eigenvalue weighted by Crippen LogP contribution is -2.51. The predicted octanol–water partition coefficient (Wildman–Crippen LogP) is -1.79. The van der Waals surface area contributed by atoms with Crippen LogP contribution in [0.2, 0.25) is 0 Å². The van der Waals surface area contributed by atoms with Crippen LogP contribution < -0.4 is 5.73 Å². The number of ether oxygens (including phenoxy) is 2. The van der Waals surface area contributed by atoms with Crippen LogP contribution in [0.15, 0.2) is 0 Å². The van der Waals surface area contributed by atoms with Gasteiger partial charge in [0.05, 0.1) is 0 Å². The Labute approximate surface area is 69.3 Å². The van der Waals surface area contributed by atoms with Crippen molar-refractivity contribution in [2.75, 3.05) is 14.2 Å². The fourth-order valence-corrected chi connectivity index (χ4v) is 0.554. The number of methoxy groups -OCH3 is 2. The number of hydrogen-bond donors (Lipinski definition) is 3. The minimum Gasteiger partial charge on any atom is -0.351 e. The largest absolute Gasteiger partial charge is 0.351 e. The van der Waals surface area contributed by atoms with Gasteiger partial charge in [0, 0.05) is 14.2 Å². The van der Waals surface area contributed by atoms with Gasteiger partial charge in [-0.2, -0.15) is 0 Å². The summed E-state index contributed by atoms with van der Waals surface area (Å²) < 4.78 is 8.67. The van der Waals surface area contributed by atoms with Crippen molar-refractivity contribution in [1.29, 1.82) is 0 Å². The molecule has 7 heteroatoms. The molecular formula is C5H12N2O5. The van der Waals surface area contributed by atoms with Gasteiger partial charge >= 0.3 is 6.03 Å². The molecule has 72 valence electrons. The molecular weight excluding hydrogens is 168 g/mol. The summed E-state index contributed by atoms with van der Waals surface area (Å²) in [5.74, 6) is 0. The van der Waals surface area contributed by atoms with Crippen LogP contribution in [-0.4, -0.2) is 48.2 Å². The molecule has 0 saturated carbocycles. The molecule has 0 aliphatic rings. The van der Waals surface area contributed by atoms with Crippen LogP contribution >= 0.6 is 0 Å². The third kappa shape index (κ3) is 2.62. The summed E-state index contributed by atoms with van der Waals surface area (Å²) in [5, 5.41) is 17.9. The molecule has 0 radical (unpaired) electrons. The fraction of sp³-hybridized carbons (Fsp3) is 0.800. The maximum Gasteiger partial charge on any atom is 0.322 e. The van der Waals surface area contributed by atoms with Crippen LogP contribution in [0.5, 0.6) is 0 Å². The van der Waals surface area contributed by atoms with E-state index in [1.165, 1.54) is 0 Å². The highest BCUT2D eigenvalue weighted by Gasteiger charge is 2.26. The first-order valence-corrected chi connectivity index (χ1v) is 3.04. The second-order valence-corrected chi connectivity index (χ2v) is 1.87. The molecule has 0 saturated heterocycles. The summed E-state index contributed by atoms with van der Waals surface area (Å²) in [7, 11) is 2.28. The van der Waals surface area contributed by atoms with Gasteiger partial charge in [0.15, 0.2) is 0 Å². The summed E-state index contributed by atoms with van der Waals surface area (Å²) in [5.41, 5.74) is 4.80. The highest BCUT2D eigenvalue weighted by Crippen LogP contribution is 2.02. The molecule has 0 rings (SSSR count). The normalized spacial score (nSPS) is 15.3. The van der Waals surface area contributed by atoms with Crippen molar-refractivity contribution in [3.63, 3.8) is 0 Å². The Kier molecular flexibility index (Phi) is 4.52. The number of carbonyl (C=O) groups is 1. The van der Waals surface area contributed by atoms with Gasteiger partial charge in [0.1, 0.15) is 0 Å². The average molecular weight is 180 g/mol. The van der Waals surface area contributed by atoms with Crippen molar-refractivity contribution < 1.29 is 24.5 Å². The standard InChI is InChI=1S/C5H12N2O5/c1-11-4(9)7(3(6)8)5(10)12-2/h4-5,9-10H,1-2H3,(H2,6,8). The first-order chi connectivity index (χ1) is 5.54. The summed E-state index contributed by atoms with van der Waals surface area (Å²) in [4.78, 5) is 11.0. The van der Waals surface area contributed by atoms with Crippen LogP contribution in [0.4, 0.5) is 4.79 Å². The molecule has 0 bridgehead atoms. The highest BCUT2D eigenvalue weighted by molar-refractivity contribution is 5.72. The van der Waals surface area contributed by atoms with E-state index in [-0.39, 0.29) is 0 Å². The second kappa shape index (κ2) is 4.88. The van der Waals surface area contributed by atoms with Gasteiger partial charge in [0.2, 0.25) is 12.8 Å². The third-order valence-electron chi connectivity index (χ3n) is 1.15. The molecule has 7 nitrogen and oxygen atoms in total. The van der Waals surface area contributed by atoms with Gasteiger partial charge in [-0.1, -0.05) is 0 Å². The van der Waals surface area contributed by atoms with E-state index in [4.69, 9.17) is 15.9 Å². The zero-order valence-electron chi connectivity index (χ0n) is 6.80. The smallest absolute Gasteiger partial charge is 0.322 e. The molecule has 2 unspecified atom stereocenters. The van der Waals surface area contributed by atoms with E-state index in [0.717, 1.165) is 14.2 Å². The SMILES string of the molecule is COC(O)N(C(N)=O)C(O)OC. The van der Waals surface area contributed by atoms with E-state index < -0.39 is 18.9 Å². The number of hydrogen-bond acceptors (Lipinski definition) is 5. The number of nitrogens with two attached hydrogens (primary N) is 1. The number of primary amides is 1. The van der Waals surface area contributed by atoms with Gasteiger partial charge in [-0.05, 0) is 0 Å². The molecule has 2 atom stereocenters. The number of rotatable bonds is 4. The van der Waals surface area contributed by atoms with Gasteiger partial charge in [-0.3, -0.25) is 0 Å². The predicted molar refractivity (Wildman–Crippen MR) is 37.5 cm³/mol. The second-order valence-electron chi connectivity index (χ2n) is 1.87. The van der Waals surface area contributed by atoms with Crippen LogP contribution in [0.1, 0.15) is 0 Å². The molecule has 0 aromatic carbocycles. The number of nitrogens with zero attached hydrogens (tertiary/aromatic N) is 1. The van der Waals surface area contributed by atoms with E-state index >= 15 is 0 Å². The summed E-state index contributed by atoms with van der Waals surface area (Å²) in [6.45, 7) is 0. The van der Waals surface area contributed by atoms with Gasteiger partial charge in [-0.15, -0.1) is 0 Å². The quantitative estimate of drug-likeness (QED) is 0.443. The number of amides is 2. The minimum absolute atomic E-state index is 0.417. The Morgan fingerprint density at radius 2 is 1.67 bits per heavy atom. The van der Waals surface area contributed by atoms with E-state index in [0.29, 0.717) is 4.90 Å². The average Bonchev–Trinajstić information content (AvgIpc) is 2.03. The number of aliphatic hydroxyl groups excluding tert-OH is 2. The molecule has 0 heterocycles. The third-order valence-corrected chi connectivity index (χ3v) is 1.15. The lowest BCUT2D eigenvalue weighted by Gasteiger charge is -2.27. The Bertz CT molecular complexity index is 143. The molecule has 0 aromatic rings. The van der Waals surface area contributed by atoms with Gasteiger partial charge < -0.3 is 25.4 Å². The minimum atomic E-state index is -1.63. The first kappa shape index (κ1) is 11.1. The lowest BCUT2D eigenvalue weighted by molar-refractivity contribution is -0.257. The van der Waals surface area contributed by atoms with Crippen molar-refractivity contribution in [1.82, 2.24) is 4.90 Å². The summed E-state index contributed by atoms with van der Waals surface area (Å²) in [6, 6.07) is -1.06. The zero-order valence-corrected chi connectivity index (χ0v) is 6.80. The maximum atomic E-state index is 10.6. The molecule has 0 spiro atoms. The topological polar surface area (TPSA) is 105 Å². The zero-order chi connectivity index (χ0) is 9.72. The van der Waals surface area contributed by atoms with Crippen molar-refractivity contribution >= 4 is 6.03 Å².